The van der Waals surface area contributed by atoms with E-state index in [1.807, 2.05) is 6.07 Å². The number of benzene rings is 1. The van der Waals surface area contributed by atoms with E-state index in [2.05, 4.69) is 41.2 Å². The minimum atomic E-state index is 1.06. The van der Waals surface area contributed by atoms with Crippen molar-refractivity contribution in [2.45, 2.75) is 0 Å². The molecule has 1 aromatic rings. The summed E-state index contributed by atoms with van der Waals surface area (Å²) in [6.07, 6.45) is 0. The highest BCUT2D eigenvalue weighted by Gasteiger charge is 2.18. The molecule has 1 N–H and O–H groups in total. The second-order valence-electron chi connectivity index (χ2n) is 3.06. The normalized spacial score (nSPS) is 16.4. The molecule has 2 rings (SSSR count). The third-order valence-corrected chi connectivity index (χ3v) is 2.17. The Bertz CT molecular complexity index is 301. The molecule has 1 heterocycles. The fourth-order valence-corrected chi connectivity index (χ4v) is 1.51. The van der Waals surface area contributed by atoms with Crippen molar-refractivity contribution in [3.63, 3.8) is 0 Å². The molecule has 0 radical (unpaired) electrons. The molecule has 2 heteroatoms. The summed E-state index contributed by atoms with van der Waals surface area (Å²) in [4.78, 5) is 0. The van der Waals surface area contributed by atoms with Gasteiger partial charge in [0.25, 0.3) is 5.84 Å². The fourth-order valence-electron chi connectivity index (χ4n) is 1.51. The van der Waals surface area contributed by atoms with Crippen molar-refractivity contribution in [3.05, 3.63) is 35.9 Å². The Morgan fingerprint density at radius 1 is 1.25 bits per heavy atom. The number of amidine groups is 1. The van der Waals surface area contributed by atoms with Crippen LogP contribution in [0.5, 0.6) is 0 Å². The van der Waals surface area contributed by atoms with Gasteiger partial charge in [0.05, 0.1) is 12.6 Å². The quantitative estimate of drug-likeness (QED) is 0.598. The van der Waals surface area contributed by atoms with Gasteiger partial charge in [-0.05, 0) is 12.1 Å². The van der Waals surface area contributed by atoms with Gasteiger partial charge in [-0.25, -0.2) is 0 Å². The lowest BCUT2D eigenvalue weighted by atomic mass is 10.2. The van der Waals surface area contributed by atoms with Crippen LogP contribution >= 0.6 is 0 Å². The van der Waals surface area contributed by atoms with Crippen LogP contribution in [0.1, 0.15) is 5.56 Å². The maximum atomic E-state index is 3.37. The number of nitrogens with zero attached hydrogens (tertiary/aromatic N) is 1. The summed E-state index contributed by atoms with van der Waals surface area (Å²) < 4.78 is 2.25. The Hall–Kier alpha value is -1.31. The summed E-state index contributed by atoms with van der Waals surface area (Å²) in [7, 11) is 2.11. The van der Waals surface area contributed by atoms with E-state index in [9.17, 15) is 0 Å². The van der Waals surface area contributed by atoms with Gasteiger partial charge < -0.3 is 0 Å². The van der Waals surface area contributed by atoms with Gasteiger partial charge in [0.2, 0.25) is 0 Å². The monoisotopic (exact) mass is 161 g/mol. The van der Waals surface area contributed by atoms with Crippen molar-refractivity contribution >= 4 is 5.84 Å². The lowest BCUT2D eigenvalue weighted by molar-refractivity contribution is -0.485. The summed E-state index contributed by atoms with van der Waals surface area (Å²) in [5.41, 5.74) is 1.28. The van der Waals surface area contributed by atoms with Gasteiger partial charge >= 0.3 is 0 Å². The van der Waals surface area contributed by atoms with Crippen LogP contribution in [-0.2, 0) is 0 Å². The average molecular weight is 161 g/mol. The summed E-state index contributed by atoms with van der Waals surface area (Å²) in [6.45, 7) is 2.16. The van der Waals surface area contributed by atoms with Gasteiger partial charge in [-0.1, -0.05) is 18.2 Å². The van der Waals surface area contributed by atoms with Crippen molar-refractivity contribution in [1.29, 1.82) is 0 Å². The molecule has 0 spiro atoms. The van der Waals surface area contributed by atoms with Crippen molar-refractivity contribution in [1.82, 2.24) is 5.32 Å². The van der Waals surface area contributed by atoms with E-state index in [0.29, 0.717) is 0 Å². The summed E-state index contributed by atoms with van der Waals surface area (Å²) in [6, 6.07) is 10.4. The zero-order valence-electron chi connectivity index (χ0n) is 7.25. The third kappa shape index (κ3) is 1.20. The highest BCUT2D eigenvalue weighted by atomic mass is 15.2. The highest BCUT2D eigenvalue weighted by Crippen LogP contribution is 2.00. The van der Waals surface area contributed by atoms with Gasteiger partial charge in [-0.2, -0.15) is 0 Å². The molecule has 0 saturated heterocycles. The molecule has 0 aromatic heterocycles. The summed E-state index contributed by atoms with van der Waals surface area (Å²) in [5.74, 6) is 1.25. The van der Waals surface area contributed by atoms with Gasteiger partial charge in [0.15, 0.2) is 0 Å². The first-order chi connectivity index (χ1) is 5.88. The minimum Gasteiger partial charge on any atom is -0.270 e. The van der Waals surface area contributed by atoms with Crippen LogP contribution in [0.3, 0.4) is 0 Å². The van der Waals surface area contributed by atoms with Crippen molar-refractivity contribution in [2.75, 3.05) is 20.1 Å². The van der Waals surface area contributed by atoms with Gasteiger partial charge in [0, 0.05) is 0 Å². The number of hydrogen-bond acceptors (Lipinski definition) is 1. The molecule has 62 valence electrons. The summed E-state index contributed by atoms with van der Waals surface area (Å²) >= 11 is 0. The Balaban J connectivity index is 2.37. The highest BCUT2D eigenvalue weighted by molar-refractivity contribution is 5.95. The Morgan fingerprint density at radius 3 is 2.58 bits per heavy atom. The second-order valence-corrected chi connectivity index (χ2v) is 3.06. The predicted octanol–water partition coefficient (Wildman–Crippen LogP) is 0.679. The topological polar surface area (TPSA) is 15.0 Å². The molecular weight excluding hydrogens is 148 g/mol. The molecule has 0 bridgehead atoms. The minimum absolute atomic E-state index is 1.06. The zero-order valence-corrected chi connectivity index (χ0v) is 7.25. The molecule has 0 fully saturated rings. The van der Waals surface area contributed by atoms with E-state index in [-0.39, 0.29) is 0 Å². The second kappa shape index (κ2) is 2.97. The molecule has 1 aromatic carbocycles. The average Bonchev–Trinajstić information content (AvgIpc) is 2.53. The van der Waals surface area contributed by atoms with Crippen molar-refractivity contribution < 1.29 is 4.58 Å². The smallest absolute Gasteiger partial charge is 0.270 e. The molecule has 0 atom stereocenters. The summed E-state index contributed by atoms with van der Waals surface area (Å²) in [5, 5.41) is 3.37. The van der Waals surface area contributed by atoms with Gasteiger partial charge in [-0.15, -0.1) is 0 Å². The standard InChI is InChI=1S/C10H12N2/c1-12-8-7-11-10(12)9-5-3-2-4-6-9/h2-6H,7-8H2,1H3/p+1. The molecule has 2 nitrogen and oxygen atoms in total. The SMILES string of the molecule is C[N+]1=C(c2ccccc2)NCC1. The van der Waals surface area contributed by atoms with Crippen LogP contribution in [-0.4, -0.2) is 30.5 Å². The van der Waals surface area contributed by atoms with Gasteiger partial charge in [-0.3, -0.25) is 9.89 Å². The first-order valence-electron chi connectivity index (χ1n) is 4.25. The lowest BCUT2D eigenvalue weighted by Gasteiger charge is -1.96. The molecule has 0 amide bonds. The lowest BCUT2D eigenvalue weighted by Crippen LogP contribution is -2.22. The Labute approximate surface area is 72.5 Å². The van der Waals surface area contributed by atoms with Crippen LogP contribution in [0.15, 0.2) is 30.3 Å². The zero-order chi connectivity index (χ0) is 8.39. The maximum absolute atomic E-state index is 3.37. The van der Waals surface area contributed by atoms with Crippen molar-refractivity contribution in [2.24, 2.45) is 0 Å². The van der Waals surface area contributed by atoms with E-state index in [1.165, 1.54) is 11.4 Å². The van der Waals surface area contributed by atoms with E-state index in [4.69, 9.17) is 0 Å². The first-order valence-corrected chi connectivity index (χ1v) is 4.25. The van der Waals surface area contributed by atoms with Crippen molar-refractivity contribution in [3.8, 4) is 0 Å². The molecule has 1 aliphatic heterocycles. The van der Waals surface area contributed by atoms with Gasteiger partial charge in [0.1, 0.15) is 13.1 Å². The molecule has 12 heavy (non-hydrogen) atoms. The fraction of sp³-hybridized carbons (Fsp3) is 0.300. The third-order valence-electron chi connectivity index (χ3n) is 2.17. The van der Waals surface area contributed by atoms with Crippen LogP contribution in [0.25, 0.3) is 0 Å². The van der Waals surface area contributed by atoms with Crippen LogP contribution in [0, 0.1) is 0 Å². The Morgan fingerprint density at radius 2 is 2.00 bits per heavy atom. The molecule has 1 aliphatic rings. The predicted molar refractivity (Wildman–Crippen MR) is 49.6 cm³/mol. The first kappa shape index (κ1) is 7.35. The number of nitrogens with one attached hydrogen (secondary N) is 1. The molecular formula is C10H13N2+. The maximum Gasteiger partial charge on any atom is 0.277 e. The number of hydrogen-bond donors (Lipinski definition) is 1. The van der Waals surface area contributed by atoms with E-state index in [0.717, 1.165) is 13.1 Å². The van der Waals surface area contributed by atoms with Crippen LogP contribution < -0.4 is 5.32 Å². The Kier molecular flexibility index (Phi) is 1.82. The number of likely N-dealkylation sites (N-methyl/N-ethyl adjacent to an activating group) is 1. The van der Waals surface area contributed by atoms with E-state index >= 15 is 0 Å². The van der Waals surface area contributed by atoms with E-state index < -0.39 is 0 Å². The van der Waals surface area contributed by atoms with Crippen LogP contribution in [0.2, 0.25) is 0 Å². The number of rotatable bonds is 1. The molecule has 0 aliphatic carbocycles. The largest absolute Gasteiger partial charge is 0.277 e. The van der Waals surface area contributed by atoms with Crippen LogP contribution in [0.4, 0.5) is 0 Å². The molecule has 0 saturated carbocycles. The molecule has 0 unspecified atom stereocenters. The van der Waals surface area contributed by atoms with E-state index in [1.54, 1.807) is 0 Å².